The number of hydrogen-bond donors (Lipinski definition) is 3. The highest BCUT2D eigenvalue weighted by Crippen LogP contribution is 2.89. The molecule has 6 heteroatoms. The second-order valence-corrected chi connectivity index (χ2v) is 12.8. The number of ether oxygens (including phenoxy) is 1. The summed E-state index contributed by atoms with van der Waals surface area (Å²) in [6, 6.07) is 15.6. The Bertz CT molecular complexity index is 1360. The Labute approximate surface area is 222 Å². The van der Waals surface area contributed by atoms with E-state index in [1.807, 2.05) is 60.4 Å². The molecule has 5 nitrogen and oxygen atoms in total. The second-order valence-electron chi connectivity index (χ2n) is 12.0. The van der Waals surface area contributed by atoms with Crippen LogP contribution in [0, 0.1) is 52.2 Å². The topological polar surface area (TPSA) is 74.2 Å². The van der Waals surface area contributed by atoms with Crippen molar-refractivity contribution in [1.82, 2.24) is 5.32 Å². The van der Waals surface area contributed by atoms with E-state index in [1.54, 1.807) is 5.57 Å². The van der Waals surface area contributed by atoms with E-state index in [2.05, 4.69) is 10.6 Å². The monoisotopic (exact) mass is 511 g/mol. The maximum atomic E-state index is 13.5. The Kier molecular flexibility index (Phi) is 4.75. The first-order chi connectivity index (χ1) is 18.1. The maximum absolute atomic E-state index is 13.5. The molecule has 0 saturated heterocycles. The van der Waals surface area contributed by atoms with Crippen LogP contribution in [0.2, 0.25) is 0 Å². The molecule has 0 radical (unpaired) electrons. The van der Waals surface area contributed by atoms with Gasteiger partial charge in [0, 0.05) is 17.5 Å². The van der Waals surface area contributed by atoms with E-state index in [-0.39, 0.29) is 5.91 Å². The zero-order valence-corrected chi connectivity index (χ0v) is 21.9. The molecule has 8 atom stereocenters. The zero-order chi connectivity index (χ0) is 24.9. The van der Waals surface area contributed by atoms with E-state index in [0.717, 1.165) is 53.5 Å². The number of nitrogens with one attached hydrogen (secondary N) is 3. The van der Waals surface area contributed by atoms with Crippen LogP contribution >= 0.6 is 11.8 Å². The van der Waals surface area contributed by atoms with Gasteiger partial charge in [0.25, 0.3) is 5.91 Å². The summed E-state index contributed by atoms with van der Waals surface area (Å²) in [4.78, 5) is 13.5. The molecule has 8 rings (SSSR count). The van der Waals surface area contributed by atoms with Crippen LogP contribution in [0.15, 0.2) is 59.7 Å². The predicted octanol–water partition coefficient (Wildman–Crippen LogP) is 5.94. The number of fused-ring (bicyclic) bond motifs is 12. The fraction of sp³-hybridized carbons (Fsp3) is 0.484. The summed E-state index contributed by atoms with van der Waals surface area (Å²) in [7, 11) is 0. The van der Waals surface area contributed by atoms with Crippen molar-refractivity contribution in [2.45, 2.75) is 32.3 Å². The fourth-order valence-corrected chi connectivity index (χ4v) is 9.45. The minimum absolute atomic E-state index is 0.0179. The molecule has 8 unspecified atom stereocenters. The number of hydrogen-bond acceptors (Lipinski definition) is 4. The number of carbonyl (C=O) groups is 1. The first-order valence-electron chi connectivity index (χ1n) is 13.8. The van der Waals surface area contributed by atoms with Gasteiger partial charge in [0.1, 0.15) is 12.4 Å². The molecule has 0 heterocycles. The third-order valence-corrected chi connectivity index (χ3v) is 11.5. The van der Waals surface area contributed by atoms with Crippen molar-refractivity contribution >= 4 is 28.5 Å². The summed E-state index contributed by atoms with van der Waals surface area (Å²) < 4.78 is 6.16. The Morgan fingerprint density at radius 1 is 1.08 bits per heavy atom. The molecule has 4 fully saturated rings. The SMILES string of the molecule is CSC(=N)Nc1ccc(C(=O)NCC23C4=C(C5CCC45)C2C2C4CCC4C23)cc1OCc1ccccc1. The molecule has 190 valence electrons. The highest BCUT2D eigenvalue weighted by molar-refractivity contribution is 8.13. The minimum Gasteiger partial charge on any atom is -0.487 e. The third kappa shape index (κ3) is 2.83. The first-order valence-corrected chi connectivity index (χ1v) is 15.1. The molecular weight excluding hydrogens is 478 g/mol. The van der Waals surface area contributed by atoms with E-state index in [0.29, 0.717) is 34.2 Å². The van der Waals surface area contributed by atoms with E-state index < -0.39 is 0 Å². The van der Waals surface area contributed by atoms with E-state index in [1.165, 1.54) is 37.4 Å². The first kappa shape index (κ1) is 22.3. The number of benzene rings is 2. The lowest BCUT2D eigenvalue weighted by Crippen LogP contribution is -2.84. The molecule has 37 heavy (non-hydrogen) atoms. The van der Waals surface area contributed by atoms with Gasteiger partial charge < -0.3 is 15.4 Å². The van der Waals surface area contributed by atoms with Gasteiger partial charge in [0.2, 0.25) is 0 Å². The average molecular weight is 512 g/mol. The second kappa shape index (κ2) is 7.89. The quantitative estimate of drug-likeness (QED) is 0.186. The molecule has 3 N–H and O–H groups in total. The number of thioether (sulfide) groups is 1. The lowest BCUT2D eigenvalue weighted by atomic mass is 9.16. The average Bonchev–Trinajstić information content (AvgIpc) is 2.89. The summed E-state index contributed by atoms with van der Waals surface area (Å²) >= 11 is 1.33. The number of rotatable bonds is 7. The molecule has 1 amide bonds. The summed E-state index contributed by atoms with van der Waals surface area (Å²) in [5.74, 6) is 6.82. The van der Waals surface area contributed by atoms with Crippen molar-refractivity contribution in [3.05, 3.63) is 70.8 Å². The van der Waals surface area contributed by atoms with Gasteiger partial charge in [0.05, 0.1) is 5.69 Å². The van der Waals surface area contributed by atoms with E-state index in [9.17, 15) is 4.79 Å². The van der Waals surface area contributed by atoms with Crippen LogP contribution in [0.25, 0.3) is 0 Å². The Morgan fingerprint density at radius 2 is 1.89 bits per heavy atom. The summed E-state index contributed by atoms with van der Waals surface area (Å²) in [5.41, 5.74) is 6.32. The minimum atomic E-state index is -0.0179. The van der Waals surface area contributed by atoms with Crippen LogP contribution < -0.4 is 15.4 Å². The van der Waals surface area contributed by atoms with Gasteiger partial charge in [-0.15, -0.1) is 0 Å². The van der Waals surface area contributed by atoms with Gasteiger partial charge in [-0.05, 0) is 97.1 Å². The molecule has 0 aromatic heterocycles. The van der Waals surface area contributed by atoms with Crippen molar-refractivity contribution in [3.63, 3.8) is 0 Å². The summed E-state index contributed by atoms with van der Waals surface area (Å²) in [6.07, 6.45) is 7.50. The highest BCUT2D eigenvalue weighted by Gasteiger charge is 2.84. The Morgan fingerprint density at radius 3 is 2.62 bits per heavy atom. The smallest absolute Gasteiger partial charge is 0.251 e. The van der Waals surface area contributed by atoms with Crippen molar-refractivity contribution in [1.29, 1.82) is 5.41 Å². The highest BCUT2D eigenvalue weighted by atomic mass is 32.2. The van der Waals surface area contributed by atoms with Crippen LogP contribution in [-0.2, 0) is 6.61 Å². The normalized spacial score (nSPS) is 36.6. The lowest BCUT2D eigenvalue weighted by molar-refractivity contribution is -0.310. The van der Waals surface area contributed by atoms with Crippen LogP contribution in [-0.4, -0.2) is 23.9 Å². The van der Waals surface area contributed by atoms with Gasteiger partial charge >= 0.3 is 0 Å². The lowest BCUT2D eigenvalue weighted by Gasteiger charge is -2.87. The molecule has 2 aromatic carbocycles. The molecule has 0 aliphatic heterocycles. The van der Waals surface area contributed by atoms with Crippen molar-refractivity contribution in [2.75, 3.05) is 18.1 Å². The summed E-state index contributed by atoms with van der Waals surface area (Å²) in [5, 5.41) is 14.9. The van der Waals surface area contributed by atoms with Gasteiger partial charge in [0.15, 0.2) is 5.17 Å². The van der Waals surface area contributed by atoms with E-state index >= 15 is 0 Å². The number of anilines is 1. The summed E-state index contributed by atoms with van der Waals surface area (Å²) in [6.45, 7) is 1.21. The molecule has 4 saturated carbocycles. The molecule has 0 spiro atoms. The van der Waals surface area contributed by atoms with Gasteiger partial charge in [-0.1, -0.05) is 53.2 Å². The number of amides is 1. The van der Waals surface area contributed by atoms with Gasteiger partial charge in [-0.25, -0.2) is 0 Å². The largest absolute Gasteiger partial charge is 0.487 e. The number of amidine groups is 1. The van der Waals surface area contributed by atoms with Crippen LogP contribution in [0.5, 0.6) is 5.75 Å². The van der Waals surface area contributed by atoms with Crippen LogP contribution in [0.3, 0.4) is 0 Å². The van der Waals surface area contributed by atoms with Crippen LogP contribution in [0.1, 0.15) is 41.6 Å². The Hall–Kier alpha value is -2.73. The van der Waals surface area contributed by atoms with Crippen molar-refractivity contribution in [3.8, 4) is 5.75 Å². The van der Waals surface area contributed by atoms with E-state index in [4.69, 9.17) is 10.1 Å². The zero-order valence-electron chi connectivity index (χ0n) is 21.1. The fourth-order valence-electron chi connectivity index (χ4n) is 9.24. The maximum Gasteiger partial charge on any atom is 0.251 e. The van der Waals surface area contributed by atoms with Crippen molar-refractivity contribution < 1.29 is 9.53 Å². The Balaban J connectivity index is 1.01. The van der Waals surface area contributed by atoms with Gasteiger partial charge in [-0.3, -0.25) is 10.2 Å². The molecule has 6 aliphatic rings. The van der Waals surface area contributed by atoms with Gasteiger partial charge in [-0.2, -0.15) is 0 Å². The number of allylic oxidation sites excluding steroid dienone is 1. The standard InChI is InChI=1S/C31H33N3O2S/c1-37-30(32)34-22-12-7-17(13-23(22)36-14-16-5-3-2-4-6-16)29(35)33-15-31-26-20-10-8-18(20)24(26)28(31)25-19-9-11-21(19)27(25)31/h2-7,12-13,18-21,24,26,28H,8-11,14-15H2,1H3,(H2,32,34)(H,33,35). The molecule has 2 aromatic rings. The molecule has 6 aliphatic carbocycles. The van der Waals surface area contributed by atoms with Crippen molar-refractivity contribution in [2.24, 2.45) is 46.8 Å². The molecular formula is C31H33N3O2S. The number of carbonyl (C=O) groups excluding carboxylic acids is 1. The third-order valence-electron chi connectivity index (χ3n) is 11.0. The van der Waals surface area contributed by atoms with Crippen LogP contribution in [0.4, 0.5) is 5.69 Å². The predicted molar refractivity (Wildman–Crippen MR) is 147 cm³/mol. The molecule has 0 bridgehead atoms.